The van der Waals surface area contributed by atoms with Gasteiger partial charge in [0.15, 0.2) is 5.75 Å². The first-order valence-electron chi connectivity index (χ1n) is 4.76. The zero-order valence-corrected chi connectivity index (χ0v) is 8.96. The van der Waals surface area contributed by atoms with Gasteiger partial charge in [-0.15, -0.1) is 0 Å². The first-order chi connectivity index (χ1) is 6.43. The van der Waals surface area contributed by atoms with Crippen molar-refractivity contribution in [2.45, 2.75) is 39.8 Å². The van der Waals surface area contributed by atoms with Crippen LogP contribution in [-0.2, 0) is 0 Å². The molecule has 1 aromatic carbocycles. The average molecular weight is 196 g/mol. The highest BCUT2D eigenvalue weighted by Gasteiger charge is 2.18. The minimum atomic E-state index is -0.359. The van der Waals surface area contributed by atoms with E-state index in [1.54, 1.807) is 0 Å². The normalized spacial score (nSPS) is 13.1. The third-order valence-electron chi connectivity index (χ3n) is 1.72. The van der Waals surface area contributed by atoms with Gasteiger partial charge in [-0.1, -0.05) is 0 Å². The molecule has 0 spiro atoms. The topological polar surface area (TPSA) is 61.7 Å². The molecule has 0 amide bonds. The summed E-state index contributed by atoms with van der Waals surface area (Å²) in [6.07, 6.45) is 0. The number of rotatable bonds is 3. The third kappa shape index (κ3) is 1.95. The SMILES string of the molecule is CC(C)/N=c1/c(NC(C)C)c(O)c1=O. The molecule has 0 saturated heterocycles. The Kier molecular flexibility index (Phi) is 2.93. The predicted octanol–water partition coefficient (Wildman–Crippen LogP) is 0.757. The molecule has 0 aliphatic rings. The van der Waals surface area contributed by atoms with E-state index < -0.39 is 0 Å². The van der Waals surface area contributed by atoms with E-state index in [-0.39, 0.29) is 23.3 Å². The van der Waals surface area contributed by atoms with Crippen molar-refractivity contribution in [2.75, 3.05) is 5.32 Å². The Morgan fingerprint density at radius 3 is 2.29 bits per heavy atom. The first-order valence-corrected chi connectivity index (χ1v) is 4.76. The molecule has 0 unspecified atom stereocenters. The molecule has 0 bridgehead atoms. The Morgan fingerprint density at radius 2 is 1.86 bits per heavy atom. The fraction of sp³-hybridized carbons (Fsp3) is 0.600. The fourth-order valence-electron chi connectivity index (χ4n) is 1.20. The van der Waals surface area contributed by atoms with E-state index in [9.17, 15) is 9.90 Å². The highest BCUT2D eigenvalue weighted by atomic mass is 16.3. The Hall–Kier alpha value is -1.32. The predicted molar refractivity (Wildman–Crippen MR) is 56.2 cm³/mol. The van der Waals surface area contributed by atoms with Crippen LogP contribution in [0.1, 0.15) is 27.7 Å². The molecule has 0 aromatic heterocycles. The van der Waals surface area contributed by atoms with Crippen LogP contribution in [0.5, 0.6) is 5.75 Å². The minimum absolute atomic E-state index is 0.0611. The summed E-state index contributed by atoms with van der Waals surface area (Å²) in [7, 11) is 0. The number of nitrogens with one attached hydrogen (secondary N) is 1. The fourth-order valence-corrected chi connectivity index (χ4v) is 1.20. The van der Waals surface area contributed by atoms with Crippen LogP contribution in [0, 0.1) is 0 Å². The molecule has 0 radical (unpaired) electrons. The van der Waals surface area contributed by atoms with E-state index >= 15 is 0 Å². The van der Waals surface area contributed by atoms with E-state index in [0.717, 1.165) is 0 Å². The van der Waals surface area contributed by atoms with Gasteiger partial charge in [0.2, 0.25) is 5.43 Å². The Bertz CT molecular complexity index is 398. The van der Waals surface area contributed by atoms with Crippen molar-refractivity contribution in [1.82, 2.24) is 0 Å². The largest absolute Gasteiger partial charge is 0.503 e. The monoisotopic (exact) mass is 196 g/mol. The van der Waals surface area contributed by atoms with E-state index in [4.69, 9.17) is 0 Å². The van der Waals surface area contributed by atoms with Crippen molar-refractivity contribution in [3.63, 3.8) is 0 Å². The maximum absolute atomic E-state index is 11.2. The minimum Gasteiger partial charge on any atom is -0.503 e. The highest BCUT2D eigenvalue weighted by Crippen LogP contribution is 2.16. The van der Waals surface area contributed by atoms with Crippen LogP contribution in [0.2, 0.25) is 0 Å². The highest BCUT2D eigenvalue weighted by molar-refractivity contribution is 5.60. The van der Waals surface area contributed by atoms with Crippen molar-refractivity contribution in [3.05, 3.63) is 15.6 Å². The number of hydrogen-bond acceptors (Lipinski definition) is 4. The number of nitrogens with zero attached hydrogens (tertiary/aromatic N) is 1. The summed E-state index contributed by atoms with van der Waals surface area (Å²) in [6.45, 7) is 7.66. The number of hydrogen-bond donors (Lipinski definition) is 2. The third-order valence-corrected chi connectivity index (χ3v) is 1.72. The average Bonchev–Trinajstić information content (AvgIpc) is 2.09. The molecule has 4 heteroatoms. The van der Waals surface area contributed by atoms with Crippen molar-refractivity contribution in [3.8, 4) is 5.75 Å². The van der Waals surface area contributed by atoms with Crippen molar-refractivity contribution >= 4 is 5.69 Å². The van der Waals surface area contributed by atoms with Gasteiger partial charge in [0.25, 0.3) is 0 Å². The molecule has 1 aromatic rings. The molecule has 0 saturated carbocycles. The molecule has 4 nitrogen and oxygen atoms in total. The summed E-state index contributed by atoms with van der Waals surface area (Å²) in [5, 5.41) is 12.7. The number of aromatic hydroxyl groups is 1. The van der Waals surface area contributed by atoms with E-state index in [1.807, 2.05) is 27.7 Å². The maximum Gasteiger partial charge on any atom is 0.249 e. The first kappa shape index (κ1) is 10.8. The lowest BCUT2D eigenvalue weighted by molar-refractivity contribution is 0.463. The van der Waals surface area contributed by atoms with Gasteiger partial charge >= 0.3 is 0 Å². The van der Waals surface area contributed by atoms with Gasteiger partial charge in [-0.25, -0.2) is 0 Å². The lowest BCUT2D eigenvalue weighted by atomic mass is 10.2. The van der Waals surface area contributed by atoms with Crippen LogP contribution in [0.15, 0.2) is 9.79 Å². The molecular weight excluding hydrogens is 180 g/mol. The van der Waals surface area contributed by atoms with Crippen LogP contribution < -0.4 is 16.1 Å². The maximum atomic E-state index is 11.2. The van der Waals surface area contributed by atoms with Gasteiger partial charge in [0.1, 0.15) is 11.0 Å². The summed E-state index contributed by atoms with van der Waals surface area (Å²) >= 11 is 0. The second kappa shape index (κ2) is 3.82. The van der Waals surface area contributed by atoms with Crippen molar-refractivity contribution in [2.24, 2.45) is 4.99 Å². The lowest BCUT2D eigenvalue weighted by Crippen LogP contribution is -2.37. The molecule has 0 atom stereocenters. The molecule has 78 valence electrons. The van der Waals surface area contributed by atoms with Gasteiger partial charge in [-0.05, 0) is 27.7 Å². The van der Waals surface area contributed by atoms with E-state index in [0.29, 0.717) is 11.0 Å². The van der Waals surface area contributed by atoms with Crippen LogP contribution in [0.25, 0.3) is 0 Å². The lowest BCUT2D eigenvalue weighted by Gasteiger charge is -2.14. The molecule has 2 N–H and O–H groups in total. The van der Waals surface area contributed by atoms with Crippen molar-refractivity contribution < 1.29 is 5.11 Å². The summed E-state index contributed by atoms with van der Waals surface area (Å²) in [5.74, 6) is -0.196. The van der Waals surface area contributed by atoms with Crippen LogP contribution in [0.4, 0.5) is 5.69 Å². The quantitative estimate of drug-likeness (QED) is 0.750. The Labute approximate surface area is 83.0 Å². The Morgan fingerprint density at radius 1 is 1.29 bits per heavy atom. The molecule has 0 fully saturated rings. The number of anilines is 1. The molecule has 0 aliphatic heterocycles. The van der Waals surface area contributed by atoms with Gasteiger partial charge in [-0.2, -0.15) is 0 Å². The van der Waals surface area contributed by atoms with E-state index in [2.05, 4.69) is 10.3 Å². The van der Waals surface area contributed by atoms with Gasteiger partial charge in [0, 0.05) is 12.1 Å². The summed E-state index contributed by atoms with van der Waals surface area (Å²) < 4.78 is 0. The summed E-state index contributed by atoms with van der Waals surface area (Å²) in [6, 6.07) is 0.239. The van der Waals surface area contributed by atoms with Gasteiger partial charge in [0.05, 0.1) is 0 Å². The Balaban J connectivity index is 3.07. The molecule has 0 aliphatic carbocycles. The molecule has 1 rings (SSSR count). The zero-order chi connectivity index (χ0) is 10.9. The molecular formula is C10H16N2O2. The summed E-state index contributed by atoms with van der Waals surface area (Å²) in [4.78, 5) is 15.3. The van der Waals surface area contributed by atoms with E-state index in [1.165, 1.54) is 0 Å². The second-order valence-corrected chi connectivity index (χ2v) is 3.92. The van der Waals surface area contributed by atoms with Gasteiger partial charge in [-0.3, -0.25) is 9.79 Å². The molecule has 0 heterocycles. The van der Waals surface area contributed by atoms with Crippen LogP contribution in [0.3, 0.4) is 0 Å². The van der Waals surface area contributed by atoms with Crippen LogP contribution in [-0.4, -0.2) is 17.2 Å². The summed E-state index contributed by atoms with van der Waals surface area (Å²) in [5.41, 5.74) is 0.126. The van der Waals surface area contributed by atoms with Gasteiger partial charge < -0.3 is 10.4 Å². The van der Waals surface area contributed by atoms with Crippen LogP contribution >= 0.6 is 0 Å². The standard InChI is InChI=1S/C10H16N2O2/c1-5(2)11-7-8(12-6(3)4)10(14)9(7)13/h5-6,11,13H,1-4H3/b12-8-. The second-order valence-electron chi connectivity index (χ2n) is 3.92. The smallest absolute Gasteiger partial charge is 0.249 e. The van der Waals surface area contributed by atoms with Crippen molar-refractivity contribution in [1.29, 1.82) is 0 Å². The molecule has 14 heavy (non-hydrogen) atoms. The zero-order valence-electron chi connectivity index (χ0n) is 8.96.